The number of nitrogens with zero attached hydrogens (tertiary/aromatic N) is 1. The van der Waals surface area contributed by atoms with E-state index in [1.54, 1.807) is 0 Å². The molecule has 25 heavy (non-hydrogen) atoms. The second-order valence-electron chi connectivity index (χ2n) is 5.95. The first-order valence-corrected chi connectivity index (χ1v) is 8.45. The lowest BCUT2D eigenvalue weighted by atomic mass is 9.98. The van der Waals surface area contributed by atoms with Crippen molar-refractivity contribution in [1.82, 2.24) is 10.3 Å². The van der Waals surface area contributed by atoms with Gasteiger partial charge in [-0.15, -0.1) is 6.58 Å². The summed E-state index contributed by atoms with van der Waals surface area (Å²) in [5.74, 6) is -1.29. The van der Waals surface area contributed by atoms with Gasteiger partial charge in [-0.05, 0) is 31.7 Å². The fraction of sp³-hybridized carbons (Fsp3) is 0.500. The molecule has 1 heterocycles. The molecule has 1 fully saturated rings. The van der Waals surface area contributed by atoms with E-state index in [0.717, 1.165) is 25.7 Å². The fourth-order valence-electron chi connectivity index (χ4n) is 2.65. The minimum Gasteiger partial charge on any atom is -0.480 e. The fourth-order valence-corrected chi connectivity index (χ4v) is 2.65. The van der Waals surface area contributed by atoms with Gasteiger partial charge in [0.05, 0.1) is 13.2 Å². The van der Waals surface area contributed by atoms with E-state index in [0.29, 0.717) is 11.4 Å². The lowest BCUT2D eigenvalue weighted by molar-refractivity contribution is -0.140. The third-order valence-corrected chi connectivity index (χ3v) is 3.96. The van der Waals surface area contributed by atoms with Gasteiger partial charge in [-0.1, -0.05) is 12.5 Å². The SMILES string of the molecule is C=CCOCC(NC(=O)c1ccnc(OC2CCCCC2)c1)C(=O)O. The number of carbonyl (C=O) groups excluding carboxylic acids is 1. The monoisotopic (exact) mass is 348 g/mol. The molecule has 0 spiro atoms. The van der Waals surface area contributed by atoms with E-state index in [-0.39, 0.29) is 19.3 Å². The van der Waals surface area contributed by atoms with Crippen molar-refractivity contribution in [2.75, 3.05) is 13.2 Å². The maximum atomic E-state index is 12.3. The van der Waals surface area contributed by atoms with E-state index >= 15 is 0 Å². The van der Waals surface area contributed by atoms with Crippen LogP contribution in [-0.4, -0.2) is 47.3 Å². The summed E-state index contributed by atoms with van der Waals surface area (Å²) in [5, 5.41) is 11.6. The van der Waals surface area contributed by atoms with Gasteiger partial charge in [0.25, 0.3) is 5.91 Å². The molecule has 1 atom stereocenters. The summed E-state index contributed by atoms with van der Waals surface area (Å²) in [6, 6.07) is 1.92. The number of carbonyl (C=O) groups is 2. The number of carboxylic acid groups (broad SMARTS) is 1. The topological polar surface area (TPSA) is 97.8 Å². The number of hydrogen-bond acceptors (Lipinski definition) is 5. The molecule has 0 aliphatic heterocycles. The molecule has 0 saturated heterocycles. The van der Waals surface area contributed by atoms with E-state index in [4.69, 9.17) is 9.47 Å². The molecule has 0 aromatic carbocycles. The molecule has 1 aliphatic rings. The third-order valence-electron chi connectivity index (χ3n) is 3.96. The van der Waals surface area contributed by atoms with Gasteiger partial charge in [-0.2, -0.15) is 0 Å². The predicted molar refractivity (Wildman–Crippen MR) is 91.6 cm³/mol. The Morgan fingerprint density at radius 2 is 2.16 bits per heavy atom. The average molecular weight is 348 g/mol. The molecule has 2 rings (SSSR count). The Morgan fingerprint density at radius 1 is 1.40 bits per heavy atom. The zero-order chi connectivity index (χ0) is 18.1. The largest absolute Gasteiger partial charge is 0.480 e. The van der Waals surface area contributed by atoms with Crippen LogP contribution < -0.4 is 10.1 Å². The molecule has 1 aromatic rings. The lowest BCUT2D eigenvalue weighted by Gasteiger charge is -2.22. The average Bonchev–Trinajstić information content (AvgIpc) is 2.62. The molecule has 1 saturated carbocycles. The van der Waals surface area contributed by atoms with Crippen molar-refractivity contribution in [1.29, 1.82) is 0 Å². The number of hydrogen-bond donors (Lipinski definition) is 2. The van der Waals surface area contributed by atoms with Gasteiger partial charge in [0, 0.05) is 17.8 Å². The van der Waals surface area contributed by atoms with Crippen LogP contribution in [0.3, 0.4) is 0 Å². The van der Waals surface area contributed by atoms with Gasteiger partial charge >= 0.3 is 5.97 Å². The van der Waals surface area contributed by atoms with E-state index < -0.39 is 17.9 Å². The summed E-state index contributed by atoms with van der Waals surface area (Å²) >= 11 is 0. The first-order valence-electron chi connectivity index (χ1n) is 8.45. The molecule has 1 amide bonds. The smallest absolute Gasteiger partial charge is 0.328 e. The Hall–Kier alpha value is -2.41. The number of aliphatic carboxylic acids is 1. The van der Waals surface area contributed by atoms with Crippen LogP contribution in [0.4, 0.5) is 0 Å². The van der Waals surface area contributed by atoms with Crippen LogP contribution >= 0.6 is 0 Å². The van der Waals surface area contributed by atoms with Crippen molar-refractivity contribution in [3.05, 3.63) is 36.5 Å². The van der Waals surface area contributed by atoms with Crippen LogP contribution in [0.15, 0.2) is 31.0 Å². The van der Waals surface area contributed by atoms with Crippen molar-refractivity contribution in [3.63, 3.8) is 0 Å². The normalized spacial score (nSPS) is 16.0. The molecule has 7 heteroatoms. The van der Waals surface area contributed by atoms with Crippen molar-refractivity contribution in [2.45, 2.75) is 44.2 Å². The minimum atomic E-state index is -1.16. The van der Waals surface area contributed by atoms with Crippen LogP contribution in [0.25, 0.3) is 0 Å². The van der Waals surface area contributed by atoms with Gasteiger partial charge in [0.15, 0.2) is 6.04 Å². The van der Waals surface area contributed by atoms with Gasteiger partial charge in [-0.25, -0.2) is 9.78 Å². The Morgan fingerprint density at radius 3 is 2.84 bits per heavy atom. The van der Waals surface area contributed by atoms with Gasteiger partial charge in [0.2, 0.25) is 5.88 Å². The van der Waals surface area contributed by atoms with E-state index in [9.17, 15) is 14.7 Å². The third kappa shape index (κ3) is 6.19. The zero-order valence-electron chi connectivity index (χ0n) is 14.1. The highest BCUT2D eigenvalue weighted by molar-refractivity contribution is 5.96. The second kappa shape index (κ2) is 9.78. The van der Waals surface area contributed by atoms with E-state index in [1.165, 1.54) is 30.8 Å². The highest BCUT2D eigenvalue weighted by Crippen LogP contribution is 2.22. The van der Waals surface area contributed by atoms with Crippen LogP contribution in [0.1, 0.15) is 42.5 Å². The van der Waals surface area contributed by atoms with Crippen LogP contribution in [-0.2, 0) is 9.53 Å². The van der Waals surface area contributed by atoms with Crippen molar-refractivity contribution in [3.8, 4) is 5.88 Å². The summed E-state index contributed by atoms with van der Waals surface area (Å²) in [7, 11) is 0. The number of amides is 1. The molecular formula is C18H24N2O5. The predicted octanol–water partition coefficient (Wildman–Crippen LogP) is 2.18. The van der Waals surface area contributed by atoms with Crippen molar-refractivity contribution >= 4 is 11.9 Å². The summed E-state index contributed by atoms with van der Waals surface area (Å²) in [5.41, 5.74) is 0.302. The van der Waals surface area contributed by atoms with Crippen LogP contribution in [0.2, 0.25) is 0 Å². The molecule has 1 aromatic heterocycles. The molecule has 1 unspecified atom stereocenters. The van der Waals surface area contributed by atoms with Gasteiger partial charge in [0.1, 0.15) is 6.10 Å². The number of pyridine rings is 1. The lowest BCUT2D eigenvalue weighted by Crippen LogP contribution is -2.44. The molecule has 7 nitrogen and oxygen atoms in total. The Balaban J connectivity index is 1.96. The number of aromatic nitrogens is 1. The van der Waals surface area contributed by atoms with Gasteiger partial charge in [-0.3, -0.25) is 4.79 Å². The highest BCUT2D eigenvalue weighted by Gasteiger charge is 2.22. The molecule has 0 bridgehead atoms. The summed E-state index contributed by atoms with van der Waals surface area (Å²) in [6.07, 6.45) is 8.58. The van der Waals surface area contributed by atoms with Crippen molar-refractivity contribution < 1.29 is 24.2 Å². The standard InChI is InChI=1S/C18H24N2O5/c1-2-10-24-12-15(18(22)23)20-17(21)13-8-9-19-16(11-13)25-14-6-4-3-5-7-14/h2,8-9,11,14-15H,1,3-7,10,12H2,(H,20,21)(H,22,23). The second-order valence-corrected chi connectivity index (χ2v) is 5.95. The summed E-state index contributed by atoms with van der Waals surface area (Å²) in [6.45, 7) is 3.57. The molecule has 136 valence electrons. The minimum absolute atomic E-state index is 0.124. The van der Waals surface area contributed by atoms with E-state index in [1.807, 2.05) is 0 Å². The number of carboxylic acids is 1. The number of ether oxygens (including phenoxy) is 2. The summed E-state index contributed by atoms with van der Waals surface area (Å²) < 4.78 is 11.0. The maximum Gasteiger partial charge on any atom is 0.328 e. The van der Waals surface area contributed by atoms with E-state index in [2.05, 4.69) is 16.9 Å². The Kier molecular flexibility index (Phi) is 7.40. The molecular weight excluding hydrogens is 324 g/mol. The highest BCUT2D eigenvalue weighted by atomic mass is 16.5. The first-order chi connectivity index (χ1) is 12.1. The number of rotatable bonds is 9. The van der Waals surface area contributed by atoms with Crippen LogP contribution in [0.5, 0.6) is 5.88 Å². The number of nitrogens with one attached hydrogen (secondary N) is 1. The molecule has 1 aliphatic carbocycles. The summed E-state index contributed by atoms with van der Waals surface area (Å²) in [4.78, 5) is 27.7. The molecule has 0 radical (unpaired) electrons. The Bertz CT molecular complexity index is 599. The van der Waals surface area contributed by atoms with Gasteiger partial charge < -0.3 is 19.9 Å². The maximum absolute atomic E-state index is 12.3. The zero-order valence-corrected chi connectivity index (χ0v) is 14.1. The molecule has 2 N–H and O–H groups in total. The van der Waals surface area contributed by atoms with Crippen molar-refractivity contribution in [2.24, 2.45) is 0 Å². The van der Waals surface area contributed by atoms with Crippen LogP contribution in [0, 0.1) is 0 Å². The quantitative estimate of drug-likeness (QED) is 0.524. The Labute approximate surface area is 147 Å². The first kappa shape index (κ1) is 18.9.